The van der Waals surface area contributed by atoms with Crippen LogP contribution < -0.4 is 5.11 Å². The molecule has 0 rings (SSSR count). The van der Waals surface area contributed by atoms with Crippen LogP contribution in [0.25, 0.3) is 0 Å². The van der Waals surface area contributed by atoms with E-state index in [0.29, 0.717) is 23.9 Å². The molecule has 0 radical (unpaired) electrons. The first kappa shape index (κ1) is 90.4. The summed E-state index contributed by atoms with van der Waals surface area (Å²) in [7, 11) is 5.94. The molecule has 0 bridgehead atoms. The highest BCUT2D eigenvalue weighted by Gasteiger charge is 2.22. The monoisotopic (exact) mass is 1320 g/mol. The Kier molecular flexibility index (Phi) is 71.6. The molecule has 9 nitrogen and oxygen atoms in total. The number of allylic oxidation sites excluding steroid dienone is 22. The van der Waals surface area contributed by atoms with Gasteiger partial charge >= 0.3 is 11.9 Å². The number of carboxylic acid groups (broad SMARTS) is 1. The van der Waals surface area contributed by atoms with Crippen molar-refractivity contribution in [3.63, 3.8) is 0 Å². The number of carbonyl (C=O) groups is 3. The zero-order valence-electron chi connectivity index (χ0n) is 62.3. The van der Waals surface area contributed by atoms with Gasteiger partial charge in [-0.15, -0.1) is 0 Å². The summed E-state index contributed by atoms with van der Waals surface area (Å²) in [5.74, 6) is -2.27. The van der Waals surface area contributed by atoms with Gasteiger partial charge in [0.05, 0.1) is 40.3 Å². The van der Waals surface area contributed by atoms with Gasteiger partial charge in [-0.1, -0.05) is 347 Å². The van der Waals surface area contributed by atoms with Crippen LogP contribution in [0.2, 0.25) is 0 Å². The third kappa shape index (κ3) is 76.7. The first-order chi connectivity index (χ1) is 46.6. The largest absolute Gasteiger partial charge is 0.545 e. The summed E-state index contributed by atoms with van der Waals surface area (Å²) in [6.07, 6.45) is 106. The van der Waals surface area contributed by atoms with Crippen molar-refractivity contribution in [1.29, 1.82) is 0 Å². The van der Waals surface area contributed by atoms with Crippen LogP contribution in [0.1, 0.15) is 335 Å². The standard InChI is InChI=1S/C86H147NO8/c1-6-8-10-12-14-16-18-20-22-24-26-28-30-32-34-36-38-40-41-42-43-45-47-49-51-53-55-57-59-61-63-65-67-69-71-73-75-77-84(89)95-82(81-94-86(85(90)91)92-79-78-87(3,4)5)80-93-83(88)76-74-72-70-68-66-64-62-60-58-56-54-52-50-48-46-44-39-37-35-33-31-29-27-25-23-21-19-17-15-13-11-9-7-2/h8-11,14-17,20-23,26-29,32,34,38,40,42-43,82,86H,6-7,12-13,18-19,24-25,30-31,33,35-37,39,41,44-81H2,1-5H3/b10-8-,11-9-,16-14-,17-15-,22-20-,23-21-,28-26-,29-27-,34-32-,40-38-,43-42-. The molecular formula is C86H147NO8. The molecule has 0 saturated heterocycles. The Morgan fingerprint density at radius 3 is 0.842 bits per heavy atom. The van der Waals surface area contributed by atoms with Crippen molar-refractivity contribution in [2.75, 3.05) is 47.5 Å². The van der Waals surface area contributed by atoms with Gasteiger partial charge < -0.3 is 33.3 Å². The SMILES string of the molecule is CC/C=C\C/C=C\C/C=C\C/C=C\C/C=C\C/C=C\C/C=C\CCCCCCCCCCCCCCCCCC(=O)OC(COC(=O)CCCCCCCCCCCCCCCCCCCCCC/C=C\C/C=C\C/C=C\C/C=C\CC)COC(OCC[N+](C)(C)C)C(=O)[O-]. The summed E-state index contributed by atoms with van der Waals surface area (Å²) in [5, 5.41) is 11.9. The fourth-order valence-electron chi connectivity index (χ4n) is 11.0. The van der Waals surface area contributed by atoms with E-state index in [2.05, 4.69) is 148 Å². The molecule has 0 aliphatic carbocycles. The Morgan fingerprint density at radius 2 is 0.568 bits per heavy atom. The van der Waals surface area contributed by atoms with E-state index in [9.17, 15) is 19.5 Å². The van der Waals surface area contributed by atoms with Crippen LogP contribution in [0, 0.1) is 0 Å². The Labute approximate surface area is 586 Å². The predicted octanol–water partition coefficient (Wildman–Crippen LogP) is 23.9. The first-order valence-corrected chi connectivity index (χ1v) is 39.3. The van der Waals surface area contributed by atoms with Gasteiger partial charge in [-0.05, 0) is 109 Å². The summed E-state index contributed by atoms with van der Waals surface area (Å²) in [5.41, 5.74) is 0. The van der Waals surface area contributed by atoms with Crippen molar-refractivity contribution >= 4 is 17.9 Å². The van der Waals surface area contributed by atoms with Crippen molar-refractivity contribution < 1.29 is 42.9 Å². The van der Waals surface area contributed by atoms with E-state index in [1.807, 2.05) is 21.1 Å². The molecule has 0 amide bonds. The number of nitrogens with zero attached hydrogens (tertiary/aromatic N) is 1. The summed E-state index contributed by atoms with van der Waals surface area (Å²) in [6.45, 7) is 4.55. The van der Waals surface area contributed by atoms with E-state index in [-0.39, 0.29) is 32.2 Å². The van der Waals surface area contributed by atoms with Crippen LogP contribution in [-0.2, 0) is 33.3 Å². The average molecular weight is 1320 g/mol. The van der Waals surface area contributed by atoms with E-state index in [1.54, 1.807) is 0 Å². The summed E-state index contributed by atoms with van der Waals surface area (Å²) < 4.78 is 22.9. The molecule has 0 aliphatic heterocycles. The number of quaternary nitrogens is 1. The topological polar surface area (TPSA) is 111 Å². The summed E-state index contributed by atoms with van der Waals surface area (Å²) in [6, 6.07) is 0. The molecule has 0 aromatic rings. The zero-order valence-corrected chi connectivity index (χ0v) is 62.3. The summed E-state index contributed by atoms with van der Waals surface area (Å²) in [4.78, 5) is 37.6. The third-order valence-electron chi connectivity index (χ3n) is 16.9. The minimum Gasteiger partial charge on any atom is -0.545 e. The van der Waals surface area contributed by atoms with Gasteiger partial charge in [-0.25, -0.2) is 0 Å². The van der Waals surface area contributed by atoms with Crippen LogP contribution in [0.3, 0.4) is 0 Å². The molecule has 2 unspecified atom stereocenters. The Bertz CT molecular complexity index is 2030. The molecule has 0 spiro atoms. The Hall–Kier alpha value is -4.57. The van der Waals surface area contributed by atoms with Gasteiger partial charge in [0.2, 0.25) is 0 Å². The molecule has 0 aromatic heterocycles. The van der Waals surface area contributed by atoms with Crippen molar-refractivity contribution in [2.24, 2.45) is 0 Å². The van der Waals surface area contributed by atoms with Gasteiger partial charge in [0.25, 0.3) is 0 Å². The van der Waals surface area contributed by atoms with E-state index in [1.165, 1.54) is 193 Å². The molecule has 0 aromatic carbocycles. The first-order valence-electron chi connectivity index (χ1n) is 39.3. The maximum absolute atomic E-state index is 13.0. The molecule has 95 heavy (non-hydrogen) atoms. The Morgan fingerprint density at radius 1 is 0.316 bits per heavy atom. The van der Waals surface area contributed by atoms with Gasteiger partial charge in [0.15, 0.2) is 12.4 Å². The fraction of sp³-hybridized carbons (Fsp3) is 0.709. The highest BCUT2D eigenvalue weighted by atomic mass is 16.7. The van der Waals surface area contributed by atoms with Crippen molar-refractivity contribution in [1.82, 2.24) is 0 Å². The lowest BCUT2D eigenvalue weighted by atomic mass is 10.0. The molecule has 0 saturated carbocycles. The fourth-order valence-corrected chi connectivity index (χ4v) is 11.0. The number of hydrogen-bond acceptors (Lipinski definition) is 8. The van der Waals surface area contributed by atoms with Gasteiger partial charge in [-0.3, -0.25) is 9.59 Å². The van der Waals surface area contributed by atoms with E-state index in [0.717, 1.165) is 109 Å². The van der Waals surface area contributed by atoms with E-state index < -0.39 is 24.3 Å². The molecular weight excluding hydrogens is 1170 g/mol. The van der Waals surface area contributed by atoms with Gasteiger partial charge in [0.1, 0.15) is 13.2 Å². The highest BCUT2D eigenvalue weighted by molar-refractivity contribution is 5.70. The van der Waals surface area contributed by atoms with Crippen molar-refractivity contribution in [2.45, 2.75) is 347 Å². The minimum atomic E-state index is -1.63. The number of aliphatic carboxylic acids is 1. The van der Waals surface area contributed by atoms with Gasteiger partial charge in [-0.2, -0.15) is 0 Å². The van der Waals surface area contributed by atoms with E-state index in [4.69, 9.17) is 18.9 Å². The van der Waals surface area contributed by atoms with Crippen LogP contribution >= 0.6 is 0 Å². The number of unbranched alkanes of at least 4 members (excludes halogenated alkanes) is 35. The number of hydrogen-bond donors (Lipinski definition) is 0. The zero-order chi connectivity index (χ0) is 69.0. The molecule has 544 valence electrons. The van der Waals surface area contributed by atoms with Crippen LogP contribution in [0.15, 0.2) is 134 Å². The second-order valence-corrected chi connectivity index (χ2v) is 27.2. The normalized spacial score (nSPS) is 13.4. The number of carboxylic acids is 1. The van der Waals surface area contributed by atoms with Crippen LogP contribution in [0.5, 0.6) is 0 Å². The average Bonchev–Trinajstić information content (AvgIpc) is 3.75. The Balaban J connectivity index is 4.04. The predicted molar refractivity (Wildman–Crippen MR) is 407 cm³/mol. The molecule has 0 N–H and O–H groups in total. The second kappa shape index (κ2) is 75.2. The van der Waals surface area contributed by atoms with Crippen LogP contribution in [-0.4, -0.2) is 82.3 Å². The van der Waals surface area contributed by atoms with E-state index >= 15 is 0 Å². The number of ether oxygens (including phenoxy) is 4. The van der Waals surface area contributed by atoms with Crippen molar-refractivity contribution in [3.8, 4) is 0 Å². The highest BCUT2D eigenvalue weighted by Crippen LogP contribution is 2.18. The van der Waals surface area contributed by atoms with Crippen molar-refractivity contribution in [3.05, 3.63) is 134 Å². The smallest absolute Gasteiger partial charge is 0.306 e. The molecule has 0 fully saturated rings. The molecule has 2 atom stereocenters. The summed E-state index contributed by atoms with van der Waals surface area (Å²) >= 11 is 0. The lowest BCUT2D eigenvalue weighted by Gasteiger charge is -2.26. The molecule has 9 heteroatoms. The van der Waals surface area contributed by atoms with Crippen LogP contribution in [0.4, 0.5) is 0 Å². The lowest BCUT2D eigenvalue weighted by molar-refractivity contribution is -0.870. The number of likely N-dealkylation sites (N-methyl/N-ethyl adjacent to an activating group) is 1. The molecule has 0 heterocycles. The van der Waals surface area contributed by atoms with Gasteiger partial charge in [0, 0.05) is 12.8 Å². The molecule has 0 aliphatic rings. The number of carbonyl (C=O) groups excluding carboxylic acids is 3. The quantitative estimate of drug-likeness (QED) is 0.0195. The maximum Gasteiger partial charge on any atom is 0.306 e. The second-order valence-electron chi connectivity index (χ2n) is 27.2. The lowest BCUT2D eigenvalue weighted by Crippen LogP contribution is -2.44. The third-order valence-corrected chi connectivity index (χ3v) is 16.9. The number of esters is 2. The minimum absolute atomic E-state index is 0.145. The number of rotatable bonds is 72. The maximum atomic E-state index is 13.0.